The molecule has 0 unspecified atom stereocenters. The summed E-state index contributed by atoms with van der Waals surface area (Å²) in [5, 5.41) is 2.50. The number of hydrogen-bond acceptors (Lipinski definition) is 0. The van der Waals surface area contributed by atoms with Gasteiger partial charge >= 0.3 is 5.95 Å². The van der Waals surface area contributed by atoms with Crippen molar-refractivity contribution in [2.24, 2.45) is 7.05 Å². The lowest BCUT2D eigenvalue weighted by atomic mass is 9.88. The summed E-state index contributed by atoms with van der Waals surface area (Å²) in [6.45, 7) is 11.3. The quantitative estimate of drug-likeness (QED) is 0.184. The molecule has 0 aliphatic heterocycles. The van der Waals surface area contributed by atoms with Gasteiger partial charge < -0.3 is 0 Å². The van der Waals surface area contributed by atoms with Crippen LogP contribution in [0.25, 0.3) is 55.6 Å². The van der Waals surface area contributed by atoms with E-state index in [1.54, 1.807) is 12.1 Å². The molecular formula is C39H37FN3+. The first-order valence-corrected chi connectivity index (χ1v) is 15.2. The first kappa shape index (κ1) is 27.2. The third kappa shape index (κ3) is 4.19. The van der Waals surface area contributed by atoms with E-state index in [2.05, 4.69) is 134 Å². The molecule has 0 aliphatic rings. The minimum absolute atomic E-state index is 0.217. The van der Waals surface area contributed by atoms with Crippen molar-refractivity contribution in [3.05, 3.63) is 126 Å². The maximum atomic E-state index is 13.9. The average Bonchev–Trinajstić information content (AvgIpc) is 3.49. The lowest BCUT2D eigenvalue weighted by Gasteiger charge is -2.21. The first-order valence-electron chi connectivity index (χ1n) is 15.2. The molecule has 0 amide bonds. The molecule has 5 aromatic carbocycles. The Kier molecular flexibility index (Phi) is 6.46. The van der Waals surface area contributed by atoms with Gasteiger partial charge in [0.05, 0.1) is 7.05 Å². The molecule has 0 aliphatic carbocycles. The summed E-state index contributed by atoms with van der Waals surface area (Å²) in [6, 6.07) is 35.6. The van der Waals surface area contributed by atoms with Crippen LogP contribution in [0.3, 0.4) is 0 Å². The number of para-hydroxylation sites is 4. The molecule has 3 nitrogen and oxygen atoms in total. The number of fused-ring (bicyclic) bond motifs is 4. The van der Waals surface area contributed by atoms with Crippen LogP contribution in [0.4, 0.5) is 4.39 Å². The van der Waals surface area contributed by atoms with Crippen LogP contribution in [0.15, 0.2) is 103 Å². The van der Waals surface area contributed by atoms with Crippen LogP contribution in [-0.4, -0.2) is 9.13 Å². The summed E-state index contributed by atoms with van der Waals surface area (Å²) < 4.78 is 21.2. The fourth-order valence-electron chi connectivity index (χ4n) is 6.80. The number of aromatic nitrogens is 3. The highest BCUT2D eigenvalue weighted by Gasteiger charge is 2.33. The number of rotatable bonds is 5. The average molecular weight is 567 g/mol. The van der Waals surface area contributed by atoms with Crippen molar-refractivity contribution >= 4 is 32.8 Å². The second kappa shape index (κ2) is 10.2. The molecule has 0 bridgehead atoms. The summed E-state index contributed by atoms with van der Waals surface area (Å²) in [5.74, 6) is 1.39. The fourth-order valence-corrected chi connectivity index (χ4v) is 6.80. The Bertz CT molecular complexity index is 2130. The molecule has 0 saturated carbocycles. The Balaban J connectivity index is 1.67. The Morgan fingerprint density at radius 1 is 0.628 bits per heavy atom. The van der Waals surface area contributed by atoms with E-state index in [0.29, 0.717) is 0 Å². The normalized spacial score (nSPS) is 12.0. The predicted octanol–water partition coefficient (Wildman–Crippen LogP) is 9.91. The Morgan fingerprint density at radius 2 is 1.23 bits per heavy atom. The van der Waals surface area contributed by atoms with Crippen molar-refractivity contribution in [1.82, 2.24) is 9.13 Å². The smallest absolute Gasteiger partial charge is 0.230 e. The van der Waals surface area contributed by atoms with Crippen molar-refractivity contribution in [2.45, 2.75) is 46.5 Å². The van der Waals surface area contributed by atoms with Crippen molar-refractivity contribution in [3.8, 4) is 22.8 Å². The van der Waals surface area contributed by atoms with Crippen LogP contribution in [0.2, 0.25) is 0 Å². The van der Waals surface area contributed by atoms with Gasteiger partial charge in [0.25, 0.3) is 0 Å². The van der Waals surface area contributed by atoms with Gasteiger partial charge in [-0.3, -0.25) is 0 Å². The van der Waals surface area contributed by atoms with Gasteiger partial charge in [-0.05, 0) is 89.0 Å². The highest BCUT2D eigenvalue weighted by atomic mass is 19.1. The van der Waals surface area contributed by atoms with Gasteiger partial charge in [0.1, 0.15) is 33.6 Å². The van der Waals surface area contributed by atoms with Gasteiger partial charge in [-0.2, -0.15) is 9.13 Å². The zero-order valence-corrected chi connectivity index (χ0v) is 25.7. The second-order valence-corrected chi connectivity index (χ2v) is 12.3. The molecule has 0 atom stereocenters. The number of nitrogens with zero attached hydrogens (tertiary/aromatic N) is 3. The number of aryl methyl sites for hydroxylation is 2. The summed E-state index contributed by atoms with van der Waals surface area (Å²) in [5.41, 5.74) is 11.9. The van der Waals surface area contributed by atoms with Gasteiger partial charge in [0.15, 0.2) is 0 Å². The lowest BCUT2D eigenvalue weighted by molar-refractivity contribution is -0.639. The standard InChI is InChI=1S/C39H37FN3/c1-24(2)32-22-28(27-18-20-29(40)21-19-27)23-33(25(3)4)38(32)43-36-17-10-9-16-35(36)41(6)39(43)42-34-15-8-7-13-30(34)31-14-11-12-26(5)37(31)42/h7-25H,1-6H3/q+1. The number of halogens is 1. The van der Waals surface area contributed by atoms with Gasteiger partial charge in [-0.1, -0.05) is 88.4 Å². The van der Waals surface area contributed by atoms with E-state index in [1.165, 1.54) is 49.7 Å². The number of benzene rings is 5. The molecule has 214 valence electrons. The zero-order valence-electron chi connectivity index (χ0n) is 25.7. The van der Waals surface area contributed by atoms with Crippen molar-refractivity contribution in [3.63, 3.8) is 0 Å². The van der Waals surface area contributed by atoms with Gasteiger partial charge in [0.2, 0.25) is 0 Å². The maximum Gasteiger partial charge on any atom is 0.375 e. The minimum Gasteiger partial charge on any atom is -0.230 e. The van der Waals surface area contributed by atoms with Gasteiger partial charge in [-0.25, -0.2) is 8.96 Å². The summed E-state index contributed by atoms with van der Waals surface area (Å²) >= 11 is 0. The van der Waals surface area contributed by atoms with Crippen molar-refractivity contribution in [1.29, 1.82) is 0 Å². The molecule has 2 aromatic heterocycles. The lowest BCUT2D eigenvalue weighted by Crippen LogP contribution is -2.33. The topological polar surface area (TPSA) is 13.7 Å². The first-order chi connectivity index (χ1) is 20.8. The minimum atomic E-state index is -0.217. The van der Waals surface area contributed by atoms with Crippen molar-refractivity contribution in [2.75, 3.05) is 0 Å². The maximum absolute atomic E-state index is 13.9. The van der Waals surface area contributed by atoms with E-state index in [9.17, 15) is 4.39 Å². The summed E-state index contributed by atoms with van der Waals surface area (Å²) in [4.78, 5) is 0. The van der Waals surface area contributed by atoms with E-state index in [4.69, 9.17) is 0 Å². The number of hydrogen-bond donors (Lipinski definition) is 0. The Labute approximate surface area is 252 Å². The van der Waals surface area contributed by atoms with Crippen LogP contribution >= 0.6 is 0 Å². The van der Waals surface area contributed by atoms with Gasteiger partial charge in [0, 0.05) is 10.8 Å². The third-order valence-corrected chi connectivity index (χ3v) is 8.89. The highest BCUT2D eigenvalue weighted by molar-refractivity contribution is 6.10. The second-order valence-electron chi connectivity index (χ2n) is 12.3. The zero-order chi connectivity index (χ0) is 30.0. The van der Waals surface area contributed by atoms with Crippen LogP contribution in [-0.2, 0) is 7.05 Å². The fraction of sp³-hybridized carbons (Fsp3) is 0.205. The van der Waals surface area contributed by atoms with E-state index in [1.807, 2.05) is 12.1 Å². The summed E-state index contributed by atoms with van der Waals surface area (Å²) in [6.07, 6.45) is 0. The SMILES string of the molecule is Cc1cccc2c3ccccc3n(-c3n(-c4c(C(C)C)cc(-c5ccc(F)cc5)cc4C(C)C)c4ccccc4[n+]3C)c12. The Hall–Kier alpha value is -4.70. The van der Waals surface area contributed by atoms with E-state index in [0.717, 1.165) is 22.6 Å². The van der Waals surface area contributed by atoms with Gasteiger partial charge in [-0.15, -0.1) is 0 Å². The number of imidazole rings is 1. The molecule has 0 saturated heterocycles. The highest BCUT2D eigenvalue weighted by Crippen LogP contribution is 2.40. The Morgan fingerprint density at radius 3 is 1.91 bits per heavy atom. The molecule has 2 heterocycles. The molecule has 4 heteroatoms. The monoisotopic (exact) mass is 566 g/mol. The molecule has 0 N–H and O–H groups in total. The molecular weight excluding hydrogens is 529 g/mol. The van der Waals surface area contributed by atoms with Crippen LogP contribution in [0.1, 0.15) is 56.2 Å². The molecule has 0 spiro atoms. The predicted molar refractivity (Wildman–Crippen MR) is 177 cm³/mol. The van der Waals surface area contributed by atoms with E-state index < -0.39 is 0 Å². The van der Waals surface area contributed by atoms with E-state index >= 15 is 0 Å². The molecule has 7 aromatic rings. The molecule has 7 rings (SSSR count). The summed E-state index contributed by atoms with van der Waals surface area (Å²) in [7, 11) is 2.18. The van der Waals surface area contributed by atoms with Crippen LogP contribution in [0.5, 0.6) is 0 Å². The van der Waals surface area contributed by atoms with E-state index in [-0.39, 0.29) is 17.7 Å². The molecule has 0 radical (unpaired) electrons. The van der Waals surface area contributed by atoms with Crippen LogP contribution in [0, 0.1) is 12.7 Å². The molecule has 43 heavy (non-hydrogen) atoms. The largest absolute Gasteiger partial charge is 0.375 e. The van der Waals surface area contributed by atoms with Crippen molar-refractivity contribution < 1.29 is 8.96 Å². The molecule has 0 fully saturated rings. The third-order valence-electron chi connectivity index (χ3n) is 8.89. The van der Waals surface area contributed by atoms with Crippen LogP contribution < -0.4 is 4.57 Å².